The normalized spacial score (nSPS) is 17.5. The molecule has 0 bridgehead atoms. The first-order valence-corrected chi connectivity index (χ1v) is 4.98. The Hall–Kier alpha value is -2.37. The van der Waals surface area contributed by atoms with Gasteiger partial charge in [0, 0.05) is 5.69 Å². The van der Waals surface area contributed by atoms with Gasteiger partial charge in [0.05, 0.1) is 5.69 Å². The zero-order chi connectivity index (χ0) is 12.4. The SMILES string of the molecule is CC1Oc2ccc(NC(=O)C=O)cc2NC1=O. The van der Waals surface area contributed by atoms with Crippen molar-refractivity contribution in [3.05, 3.63) is 18.2 Å². The molecule has 0 spiro atoms. The summed E-state index contributed by atoms with van der Waals surface area (Å²) in [5, 5.41) is 4.99. The first-order valence-electron chi connectivity index (χ1n) is 4.98. The van der Waals surface area contributed by atoms with Crippen LogP contribution >= 0.6 is 0 Å². The lowest BCUT2D eigenvalue weighted by atomic mass is 10.2. The molecule has 1 atom stereocenters. The quantitative estimate of drug-likeness (QED) is 0.578. The molecule has 0 fully saturated rings. The molecule has 17 heavy (non-hydrogen) atoms. The highest BCUT2D eigenvalue weighted by molar-refractivity contribution is 6.29. The van der Waals surface area contributed by atoms with Crippen LogP contribution in [0.15, 0.2) is 18.2 Å². The number of nitrogens with one attached hydrogen (secondary N) is 2. The van der Waals surface area contributed by atoms with Gasteiger partial charge >= 0.3 is 0 Å². The molecule has 1 heterocycles. The molecule has 2 N–H and O–H groups in total. The summed E-state index contributed by atoms with van der Waals surface area (Å²) in [6.07, 6.45) is -0.366. The van der Waals surface area contributed by atoms with E-state index >= 15 is 0 Å². The number of hydrogen-bond donors (Lipinski definition) is 2. The van der Waals surface area contributed by atoms with E-state index in [1.165, 1.54) is 6.07 Å². The number of amides is 2. The van der Waals surface area contributed by atoms with Gasteiger partial charge in [-0.05, 0) is 25.1 Å². The highest BCUT2D eigenvalue weighted by atomic mass is 16.5. The Labute approximate surface area is 96.9 Å². The molecule has 1 aromatic carbocycles. The Morgan fingerprint density at radius 3 is 3.00 bits per heavy atom. The van der Waals surface area contributed by atoms with Crippen LogP contribution in [0.5, 0.6) is 5.75 Å². The van der Waals surface area contributed by atoms with E-state index in [0.29, 0.717) is 17.1 Å². The summed E-state index contributed by atoms with van der Waals surface area (Å²) in [6.45, 7) is 1.64. The molecule has 1 aromatic rings. The third-order valence-corrected chi connectivity index (χ3v) is 2.28. The van der Waals surface area contributed by atoms with Crippen molar-refractivity contribution in [3.63, 3.8) is 0 Å². The first-order chi connectivity index (χ1) is 8.10. The van der Waals surface area contributed by atoms with Crippen molar-refractivity contribution >= 4 is 29.5 Å². The van der Waals surface area contributed by atoms with E-state index in [1.54, 1.807) is 19.1 Å². The van der Waals surface area contributed by atoms with Gasteiger partial charge in [0.2, 0.25) is 6.29 Å². The van der Waals surface area contributed by atoms with Crippen LogP contribution < -0.4 is 15.4 Å². The number of ether oxygens (including phenoxy) is 1. The van der Waals surface area contributed by atoms with Gasteiger partial charge in [-0.25, -0.2) is 0 Å². The predicted octanol–water partition coefficient (Wildman–Crippen LogP) is 0.543. The van der Waals surface area contributed by atoms with Crippen molar-refractivity contribution in [2.24, 2.45) is 0 Å². The maximum absolute atomic E-state index is 11.4. The smallest absolute Gasteiger partial charge is 0.288 e. The van der Waals surface area contributed by atoms with Crippen LogP contribution in [0, 0.1) is 0 Å². The number of benzene rings is 1. The van der Waals surface area contributed by atoms with Gasteiger partial charge in [-0.3, -0.25) is 14.4 Å². The minimum absolute atomic E-state index is 0.177. The molecule has 0 aliphatic carbocycles. The summed E-state index contributed by atoms with van der Waals surface area (Å²) >= 11 is 0. The minimum Gasteiger partial charge on any atom is -0.479 e. The fourth-order valence-electron chi connectivity index (χ4n) is 1.46. The van der Waals surface area contributed by atoms with Gasteiger partial charge in [0.1, 0.15) is 5.75 Å². The van der Waals surface area contributed by atoms with Gasteiger partial charge in [-0.15, -0.1) is 0 Å². The Bertz CT molecular complexity index is 498. The molecule has 1 aliphatic heterocycles. The molecule has 88 valence electrons. The zero-order valence-corrected chi connectivity index (χ0v) is 9.02. The average Bonchev–Trinajstić information content (AvgIpc) is 2.31. The lowest BCUT2D eigenvalue weighted by Gasteiger charge is -2.23. The molecule has 6 heteroatoms. The molecule has 0 radical (unpaired) electrons. The van der Waals surface area contributed by atoms with Crippen molar-refractivity contribution in [2.75, 3.05) is 10.6 Å². The Morgan fingerprint density at radius 2 is 2.29 bits per heavy atom. The van der Waals surface area contributed by atoms with E-state index in [-0.39, 0.29) is 12.2 Å². The summed E-state index contributed by atoms with van der Waals surface area (Å²) in [5.41, 5.74) is 0.885. The second-order valence-corrected chi connectivity index (χ2v) is 3.57. The summed E-state index contributed by atoms with van der Waals surface area (Å²) < 4.78 is 5.34. The maximum Gasteiger partial charge on any atom is 0.288 e. The topological polar surface area (TPSA) is 84.5 Å². The van der Waals surface area contributed by atoms with Crippen LogP contribution in [0.2, 0.25) is 0 Å². The Kier molecular flexibility index (Phi) is 2.78. The Balaban J connectivity index is 2.25. The molecular weight excluding hydrogens is 224 g/mol. The monoisotopic (exact) mass is 234 g/mol. The standard InChI is InChI=1S/C11H10N2O4/c1-6-11(16)13-8-4-7(12-10(15)5-14)2-3-9(8)17-6/h2-6H,1H3,(H,12,15)(H,13,16). The van der Waals surface area contributed by atoms with Gasteiger partial charge in [0.25, 0.3) is 11.8 Å². The highest BCUT2D eigenvalue weighted by Gasteiger charge is 2.23. The molecule has 0 saturated heterocycles. The van der Waals surface area contributed by atoms with Gasteiger partial charge in [-0.2, -0.15) is 0 Å². The van der Waals surface area contributed by atoms with Gasteiger partial charge in [-0.1, -0.05) is 0 Å². The molecule has 0 aromatic heterocycles. The number of carbonyl (C=O) groups is 3. The summed E-state index contributed by atoms with van der Waals surface area (Å²) in [5.74, 6) is -0.473. The van der Waals surface area contributed by atoms with E-state index in [2.05, 4.69) is 10.6 Å². The lowest BCUT2D eigenvalue weighted by Crippen LogP contribution is -2.34. The predicted molar refractivity (Wildman–Crippen MR) is 59.9 cm³/mol. The fourth-order valence-corrected chi connectivity index (χ4v) is 1.46. The molecule has 6 nitrogen and oxygen atoms in total. The first kappa shape index (κ1) is 11.1. The minimum atomic E-state index is -0.749. The van der Waals surface area contributed by atoms with Crippen molar-refractivity contribution in [1.29, 1.82) is 0 Å². The van der Waals surface area contributed by atoms with Crippen LogP contribution in [0.3, 0.4) is 0 Å². The molecule has 1 unspecified atom stereocenters. The lowest BCUT2D eigenvalue weighted by molar-refractivity contribution is -0.127. The van der Waals surface area contributed by atoms with Gasteiger partial charge < -0.3 is 15.4 Å². The number of hydrogen-bond acceptors (Lipinski definition) is 4. The molecular formula is C11H10N2O4. The molecule has 1 aliphatic rings. The van der Waals surface area contributed by atoms with Crippen molar-refractivity contribution in [1.82, 2.24) is 0 Å². The van der Waals surface area contributed by atoms with E-state index in [9.17, 15) is 14.4 Å². The Morgan fingerprint density at radius 1 is 1.53 bits per heavy atom. The summed E-state index contributed by atoms with van der Waals surface area (Å²) in [4.78, 5) is 32.4. The average molecular weight is 234 g/mol. The van der Waals surface area contributed by atoms with E-state index in [1.807, 2.05) is 0 Å². The number of aldehydes is 1. The number of rotatable bonds is 2. The zero-order valence-electron chi connectivity index (χ0n) is 9.02. The van der Waals surface area contributed by atoms with E-state index in [4.69, 9.17) is 4.74 Å². The largest absolute Gasteiger partial charge is 0.479 e. The highest BCUT2D eigenvalue weighted by Crippen LogP contribution is 2.31. The fraction of sp³-hybridized carbons (Fsp3) is 0.182. The third-order valence-electron chi connectivity index (χ3n) is 2.28. The van der Waals surface area contributed by atoms with Crippen LogP contribution in [-0.4, -0.2) is 24.2 Å². The number of fused-ring (bicyclic) bond motifs is 1. The number of carbonyl (C=O) groups excluding carboxylic acids is 3. The van der Waals surface area contributed by atoms with E-state index < -0.39 is 12.0 Å². The van der Waals surface area contributed by atoms with Gasteiger partial charge in [0.15, 0.2) is 6.10 Å². The van der Waals surface area contributed by atoms with Crippen molar-refractivity contribution < 1.29 is 19.1 Å². The maximum atomic E-state index is 11.4. The molecule has 2 rings (SSSR count). The molecule has 2 amide bonds. The van der Waals surface area contributed by atoms with Crippen LogP contribution in [-0.2, 0) is 14.4 Å². The third kappa shape index (κ3) is 2.25. The molecule has 0 saturated carbocycles. The summed E-state index contributed by atoms with van der Waals surface area (Å²) in [7, 11) is 0. The summed E-state index contributed by atoms with van der Waals surface area (Å²) in [6, 6.07) is 4.73. The van der Waals surface area contributed by atoms with Crippen LogP contribution in [0.4, 0.5) is 11.4 Å². The second-order valence-electron chi connectivity index (χ2n) is 3.57. The van der Waals surface area contributed by atoms with Crippen molar-refractivity contribution in [3.8, 4) is 5.75 Å². The number of anilines is 2. The van der Waals surface area contributed by atoms with Crippen molar-refractivity contribution in [2.45, 2.75) is 13.0 Å². The van der Waals surface area contributed by atoms with Crippen LogP contribution in [0.1, 0.15) is 6.92 Å². The van der Waals surface area contributed by atoms with Crippen LogP contribution in [0.25, 0.3) is 0 Å². The van der Waals surface area contributed by atoms with E-state index in [0.717, 1.165) is 0 Å². The second kappa shape index (κ2) is 4.25.